The molecule has 0 spiro atoms. The molecule has 0 radical (unpaired) electrons. The number of carbonyl (C=O) groups excluding carboxylic acids is 1. The fourth-order valence-corrected chi connectivity index (χ4v) is 2.45. The van der Waals surface area contributed by atoms with Crippen molar-refractivity contribution >= 4 is 17.6 Å². The van der Waals surface area contributed by atoms with Crippen LogP contribution in [-0.4, -0.2) is 30.2 Å². The van der Waals surface area contributed by atoms with Crippen molar-refractivity contribution in [2.75, 3.05) is 18.5 Å². The van der Waals surface area contributed by atoms with E-state index in [2.05, 4.69) is 5.32 Å². The normalized spacial score (nSPS) is 10.2. The van der Waals surface area contributed by atoms with Gasteiger partial charge >= 0.3 is 5.97 Å². The number of ether oxygens (including phenoxy) is 2. The largest absolute Gasteiger partial charge is 0.490 e. The summed E-state index contributed by atoms with van der Waals surface area (Å²) in [4.78, 5) is 23.2. The van der Waals surface area contributed by atoms with Crippen molar-refractivity contribution in [3.8, 4) is 11.5 Å². The van der Waals surface area contributed by atoms with Gasteiger partial charge in [-0.2, -0.15) is 0 Å². The third-order valence-corrected chi connectivity index (χ3v) is 3.62. The second kappa shape index (κ2) is 9.46. The Morgan fingerprint density at radius 2 is 1.73 bits per heavy atom. The lowest BCUT2D eigenvalue weighted by Crippen LogP contribution is -2.12. The van der Waals surface area contributed by atoms with Gasteiger partial charge in [-0.3, -0.25) is 9.59 Å². The first-order valence-corrected chi connectivity index (χ1v) is 8.55. The molecule has 6 heteroatoms. The Morgan fingerprint density at radius 1 is 1.00 bits per heavy atom. The molecule has 0 aliphatic heterocycles. The quantitative estimate of drug-likeness (QED) is 0.714. The zero-order valence-corrected chi connectivity index (χ0v) is 15.0. The van der Waals surface area contributed by atoms with Gasteiger partial charge in [-0.15, -0.1) is 0 Å². The number of aliphatic carboxylic acids is 1. The zero-order valence-electron chi connectivity index (χ0n) is 15.0. The van der Waals surface area contributed by atoms with E-state index in [1.54, 1.807) is 36.4 Å². The highest BCUT2D eigenvalue weighted by Crippen LogP contribution is 2.29. The molecule has 0 aliphatic carbocycles. The number of aryl methyl sites for hydroxylation is 1. The number of amides is 1. The van der Waals surface area contributed by atoms with Crippen LogP contribution in [0.25, 0.3) is 0 Å². The predicted octanol–water partition coefficient (Wildman–Crippen LogP) is 3.75. The number of carbonyl (C=O) groups is 2. The van der Waals surface area contributed by atoms with Crippen molar-refractivity contribution in [1.29, 1.82) is 0 Å². The van der Waals surface area contributed by atoms with Crippen LogP contribution in [0, 0.1) is 0 Å². The van der Waals surface area contributed by atoms with Crippen LogP contribution in [-0.2, 0) is 11.2 Å². The van der Waals surface area contributed by atoms with Gasteiger partial charge in [-0.25, -0.2) is 0 Å². The molecule has 0 bridgehead atoms. The summed E-state index contributed by atoms with van der Waals surface area (Å²) >= 11 is 0. The molecule has 0 aromatic heterocycles. The van der Waals surface area contributed by atoms with Crippen LogP contribution in [0.4, 0.5) is 5.69 Å². The van der Waals surface area contributed by atoms with E-state index in [0.29, 0.717) is 42.4 Å². The van der Waals surface area contributed by atoms with Crippen LogP contribution < -0.4 is 14.8 Å². The molecule has 0 saturated heterocycles. The van der Waals surface area contributed by atoms with E-state index in [4.69, 9.17) is 14.6 Å². The van der Waals surface area contributed by atoms with E-state index in [-0.39, 0.29) is 12.3 Å². The third-order valence-electron chi connectivity index (χ3n) is 3.62. The van der Waals surface area contributed by atoms with Crippen LogP contribution in [0.3, 0.4) is 0 Å². The number of benzene rings is 2. The lowest BCUT2D eigenvalue weighted by atomic mass is 10.1. The standard InChI is InChI=1S/C20H23NO5/c1-3-25-17-10-9-15(13-18(17)26-4-2)20(24)21-16-7-5-6-14(12-16)8-11-19(22)23/h5-7,9-10,12-13H,3-4,8,11H2,1-2H3,(H,21,24)(H,22,23). The summed E-state index contributed by atoms with van der Waals surface area (Å²) in [5, 5.41) is 11.6. The number of nitrogens with one attached hydrogen (secondary N) is 1. The average molecular weight is 357 g/mol. The highest BCUT2D eigenvalue weighted by molar-refractivity contribution is 6.04. The Kier molecular flexibility index (Phi) is 7.02. The molecule has 0 saturated carbocycles. The first kappa shape index (κ1) is 19.3. The molecule has 2 aromatic rings. The van der Waals surface area contributed by atoms with Gasteiger partial charge in [0.2, 0.25) is 0 Å². The molecule has 0 atom stereocenters. The van der Waals surface area contributed by atoms with Gasteiger partial charge in [0.05, 0.1) is 13.2 Å². The van der Waals surface area contributed by atoms with Crippen molar-refractivity contribution in [2.45, 2.75) is 26.7 Å². The Balaban J connectivity index is 2.13. The summed E-state index contributed by atoms with van der Waals surface area (Å²) in [5.74, 6) is 0.000410. The monoisotopic (exact) mass is 357 g/mol. The number of rotatable bonds is 9. The summed E-state index contributed by atoms with van der Waals surface area (Å²) in [6, 6.07) is 12.2. The first-order valence-electron chi connectivity index (χ1n) is 8.55. The van der Waals surface area contributed by atoms with Gasteiger partial charge in [-0.05, 0) is 56.2 Å². The Labute approximate surface area is 152 Å². The molecule has 2 N–H and O–H groups in total. The van der Waals surface area contributed by atoms with Crippen LogP contribution >= 0.6 is 0 Å². The van der Waals surface area contributed by atoms with E-state index >= 15 is 0 Å². The minimum Gasteiger partial charge on any atom is -0.490 e. The molecule has 2 rings (SSSR count). The number of hydrogen-bond donors (Lipinski definition) is 2. The Bertz CT molecular complexity index is 773. The van der Waals surface area contributed by atoms with Gasteiger partial charge in [0.25, 0.3) is 5.91 Å². The van der Waals surface area contributed by atoms with Gasteiger partial charge in [0.15, 0.2) is 11.5 Å². The molecule has 138 valence electrons. The number of carboxylic acid groups (broad SMARTS) is 1. The van der Waals surface area contributed by atoms with Crippen molar-refractivity contribution in [3.05, 3.63) is 53.6 Å². The molecule has 0 unspecified atom stereocenters. The zero-order chi connectivity index (χ0) is 18.9. The SMILES string of the molecule is CCOc1ccc(C(=O)Nc2cccc(CCC(=O)O)c2)cc1OCC. The minimum atomic E-state index is -0.850. The van der Waals surface area contributed by atoms with Crippen LogP contribution in [0.5, 0.6) is 11.5 Å². The molecule has 2 aromatic carbocycles. The summed E-state index contributed by atoms with van der Waals surface area (Å²) in [7, 11) is 0. The summed E-state index contributed by atoms with van der Waals surface area (Å²) in [5.41, 5.74) is 1.92. The molecular formula is C20H23NO5. The van der Waals surface area contributed by atoms with E-state index in [1.165, 1.54) is 0 Å². The van der Waals surface area contributed by atoms with Gasteiger partial charge < -0.3 is 19.9 Å². The van der Waals surface area contributed by atoms with Crippen molar-refractivity contribution in [2.24, 2.45) is 0 Å². The fraction of sp³-hybridized carbons (Fsp3) is 0.300. The molecule has 0 aliphatic rings. The highest BCUT2D eigenvalue weighted by atomic mass is 16.5. The lowest BCUT2D eigenvalue weighted by molar-refractivity contribution is -0.136. The van der Waals surface area contributed by atoms with Crippen molar-refractivity contribution in [3.63, 3.8) is 0 Å². The number of hydrogen-bond acceptors (Lipinski definition) is 4. The molecule has 0 fully saturated rings. The maximum atomic E-state index is 12.5. The second-order valence-corrected chi connectivity index (χ2v) is 5.58. The van der Waals surface area contributed by atoms with Crippen molar-refractivity contribution < 1.29 is 24.2 Å². The lowest BCUT2D eigenvalue weighted by Gasteiger charge is -2.13. The second-order valence-electron chi connectivity index (χ2n) is 5.58. The van der Waals surface area contributed by atoms with Crippen LogP contribution in [0.1, 0.15) is 36.2 Å². The Hall–Kier alpha value is -3.02. The number of anilines is 1. The maximum absolute atomic E-state index is 12.5. The van der Waals surface area contributed by atoms with E-state index < -0.39 is 5.97 Å². The topological polar surface area (TPSA) is 84.9 Å². The average Bonchev–Trinajstić information content (AvgIpc) is 2.62. The van der Waals surface area contributed by atoms with E-state index in [1.807, 2.05) is 19.9 Å². The van der Waals surface area contributed by atoms with E-state index in [9.17, 15) is 9.59 Å². The molecular weight excluding hydrogens is 334 g/mol. The van der Waals surface area contributed by atoms with Crippen molar-refractivity contribution in [1.82, 2.24) is 0 Å². The van der Waals surface area contributed by atoms with E-state index in [0.717, 1.165) is 5.56 Å². The van der Waals surface area contributed by atoms with Crippen LogP contribution in [0.2, 0.25) is 0 Å². The smallest absolute Gasteiger partial charge is 0.303 e. The number of carboxylic acids is 1. The maximum Gasteiger partial charge on any atom is 0.303 e. The third kappa shape index (κ3) is 5.51. The Morgan fingerprint density at radius 3 is 2.42 bits per heavy atom. The fourth-order valence-electron chi connectivity index (χ4n) is 2.45. The van der Waals surface area contributed by atoms with Crippen LogP contribution in [0.15, 0.2) is 42.5 Å². The van der Waals surface area contributed by atoms with Gasteiger partial charge in [-0.1, -0.05) is 12.1 Å². The highest BCUT2D eigenvalue weighted by Gasteiger charge is 2.12. The molecule has 0 heterocycles. The summed E-state index contributed by atoms with van der Waals surface area (Å²) < 4.78 is 11.0. The molecule has 26 heavy (non-hydrogen) atoms. The van der Waals surface area contributed by atoms with Gasteiger partial charge in [0, 0.05) is 17.7 Å². The summed E-state index contributed by atoms with van der Waals surface area (Å²) in [6.45, 7) is 4.73. The molecule has 1 amide bonds. The van der Waals surface area contributed by atoms with Gasteiger partial charge in [0.1, 0.15) is 0 Å². The summed E-state index contributed by atoms with van der Waals surface area (Å²) in [6.07, 6.45) is 0.463. The predicted molar refractivity (Wildman–Crippen MR) is 99.1 cm³/mol. The molecule has 6 nitrogen and oxygen atoms in total. The first-order chi connectivity index (χ1) is 12.5. The minimum absolute atomic E-state index is 0.0496.